The van der Waals surface area contributed by atoms with Gasteiger partial charge in [0.2, 0.25) is 0 Å². The first-order valence-electron chi connectivity index (χ1n) is 9.12. The summed E-state index contributed by atoms with van der Waals surface area (Å²) in [4.78, 5) is 0. The van der Waals surface area contributed by atoms with Crippen molar-refractivity contribution in [2.75, 3.05) is 21.0 Å². The molecular formula is C22H27BrO5. The lowest BCUT2D eigenvalue weighted by Gasteiger charge is -2.20. The highest BCUT2D eigenvalue weighted by Crippen LogP contribution is 2.37. The highest BCUT2D eigenvalue weighted by Gasteiger charge is 2.20. The van der Waals surface area contributed by atoms with Crippen molar-refractivity contribution in [3.05, 3.63) is 64.1 Å². The fourth-order valence-corrected chi connectivity index (χ4v) is 3.31. The summed E-state index contributed by atoms with van der Waals surface area (Å²) >= 11 is 3.42. The summed E-state index contributed by atoms with van der Waals surface area (Å²) in [5, 5.41) is 21.0. The third-order valence-electron chi connectivity index (χ3n) is 4.25. The molecule has 5 nitrogen and oxygen atoms in total. The van der Waals surface area contributed by atoms with Crippen molar-refractivity contribution in [2.45, 2.75) is 31.5 Å². The lowest BCUT2D eigenvalue weighted by Crippen LogP contribution is -2.13. The Morgan fingerprint density at radius 3 is 2.50 bits per heavy atom. The van der Waals surface area contributed by atoms with Crippen LogP contribution >= 0.6 is 15.9 Å². The number of halogens is 1. The second-order valence-corrected chi connectivity index (χ2v) is 7.23. The first-order valence-corrected chi connectivity index (χ1v) is 9.91. The average molecular weight is 451 g/mol. The minimum atomic E-state index is -0.873. The van der Waals surface area contributed by atoms with E-state index in [1.165, 1.54) is 7.11 Å². The molecule has 0 radical (unpaired) electrons. The second-order valence-electron chi connectivity index (χ2n) is 6.37. The molecule has 0 aliphatic carbocycles. The van der Waals surface area contributed by atoms with Gasteiger partial charge in [0, 0.05) is 25.2 Å². The summed E-state index contributed by atoms with van der Waals surface area (Å²) in [5.74, 6) is 1.05. The van der Waals surface area contributed by atoms with Crippen molar-refractivity contribution in [2.24, 2.45) is 0 Å². The number of aliphatic hydroxyl groups is 2. The predicted molar refractivity (Wildman–Crippen MR) is 113 cm³/mol. The van der Waals surface area contributed by atoms with Crippen molar-refractivity contribution >= 4 is 22.0 Å². The van der Waals surface area contributed by atoms with Crippen molar-refractivity contribution in [3.8, 4) is 11.5 Å². The number of ether oxygens (including phenoxy) is 3. The standard InChI is InChI=1S/C22H27BrO5/c1-26-15-28-21-14-22(27-2)19(23)13-18(21)20(25)12-17(24)11-7-6-10-16-8-4-3-5-9-16/h3-6,8-10,13-14,17,20,24-25H,7,11-12,15H2,1-2H3/b10-6+. The molecule has 0 spiro atoms. The Hall–Kier alpha value is -1.86. The van der Waals surface area contributed by atoms with Gasteiger partial charge in [-0.3, -0.25) is 0 Å². The zero-order valence-corrected chi connectivity index (χ0v) is 17.8. The number of hydrogen-bond donors (Lipinski definition) is 2. The van der Waals surface area contributed by atoms with E-state index in [9.17, 15) is 10.2 Å². The highest BCUT2D eigenvalue weighted by molar-refractivity contribution is 9.10. The van der Waals surface area contributed by atoms with Crippen molar-refractivity contribution in [1.29, 1.82) is 0 Å². The highest BCUT2D eigenvalue weighted by atomic mass is 79.9. The summed E-state index contributed by atoms with van der Waals surface area (Å²) < 4.78 is 16.5. The van der Waals surface area contributed by atoms with Gasteiger partial charge in [-0.15, -0.1) is 0 Å². The number of rotatable bonds is 11. The third kappa shape index (κ3) is 6.95. The Morgan fingerprint density at radius 2 is 1.82 bits per heavy atom. The molecule has 2 rings (SSSR count). The fourth-order valence-electron chi connectivity index (χ4n) is 2.79. The maximum atomic E-state index is 10.6. The largest absolute Gasteiger partial charge is 0.495 e. The number of aliphatic hydroxyl groups excluding tert-OH is 2. The maximum absolute atomic E-state index is 10.6. The zero-order chi connectivity index (χ0) is 20.4. The molecule has 0 aromatic heterocycles. The summed E-state index contributed by atoms with van der Waals surface area (Å²) in [6.45, 7) is 0.0529. The molecule has 0 fully saturated rings. The molecular weight excluding hydrogens is 424 g/mol. The van der Waals surface area contributed by atoms with Gasteiger partial charge in [0.15, 0.2) is 6.79 Å². The molecule has 0 aliphatic heterocycles. The van der Waals surface area contributed by atoms with Crippen LogP contribution in [0.3, 0.4) is 0 Å². The Labute approximate surface area is 174 Å². The molecule has 0 saturated carbocycles. The van der Waals surface area contributed by atoms with Gasteiger partial charge < -0.3 is 24.4 Å². The topological polar surface area (TPSA) is 68.2 Å². The zero-order valence-electron chi connectivity index (χ0n) is 16.2. The lowest BCUT2D eigenvalue weighted by atomic mass is 9.99. The Kier molecular flexibility index (Phi) is 9.50. The van der Waals surface area contributed by atoms with Crippen LogP contribution in [0, 0.1) is 0 Å². The summed E-state index contributed by atoms with van der Waals surface area (Å²) in [6.07, 6.45) is 4.05. The number of allylic oxidation sites excluding steroid dienone is 1. The van der Waals surface area contributed by atoms with E-state index in [-0.39, 0.29) is 13.2 Å². The lowest BCUT2D eigenvalue weighted by molar-refractivity contribution is 0.0435. The van der Waals surface area contributed by atoms with Crippen LogP contribution in [0.1, 0.15) is 36.5 Å². The Morgan fingerprint density at radius 1 is 1.07 bits per heavy atom. The SMILES string of the molecule is COCOc1cc(OC)c(Br)cc1C(O)CC(O)CC/C=C/c1ccccc1. The minimum absolute atomic E-state index is 0.0529. The molecule has 0 bridgehead atoms. The van der Waals surface area contributed by atoms with Gasteiger partial charge in [-0.2, -0.15) is 0 Å². The van der Waals surface area contributed by atoms with Crippen LogP contribution < -0.4 is 9.47 Å². The van der Waals surface area contributed by atoms with E-state index in [2.05, 4.69) is 15.9 Å². The molecule has 6 heteroatoms. The van der Waals surface area contributed by atoms with E-state index in [1.54, 1.807) is 19.2 Å². The van der Waals surface area contributed by atoms with Gasteiger partial charge in [-0.25, -0.2) is 0 Å². The van der Waals surface area contributed by atoms with Gasteiger partial charge in [0.05, 0.1) is 23.8 Å². The van der Waals surface area contributed by atoms with Gasteiger partial charge >= 0.3 is 0 Å². The molecule has 2 unspecified atom stereocenters. The first kappa shape index (κ1) is 22.4. The van der Waals surface area contributed by atoms with Crippen LogP contribution in [-0.4, -0.2) is 37.3 Å². The number of methoxy groups -OCH3 is 2. The molecule has 152 valence electrons. The van der Waals surface area contributed by atoms with Crippen LogP contribution in [0.5, 0.6) is 11.5 Å². The van der Waals surface area contributed by atoms with Gasteiger partial charge in [-0.1, -0.05) is 42.5 Å². The Balaban J connectivity index is 1.95. The van der Waals surface area contributed by atoms with E-state index in [4.69, 9.17) is 14.2 Å². The fraction of sp³-hybridized carbons (Fsp3) is 0.364. The third-order valence-corrected chi connectivity index (χ3v) is 4.87. The van der Waals surface area contributed by atoms with E-state index in [0.717, 1.165) is 12.0 Å². The van der Waals surface area contributed by atoms with Crippen molar-refractivity contribution in [1.82, 2.24) is 0 Å². The summed E-state index contributed by atoms with van der Waals surface area (Å²) in [5.41, 5.74) is 1.70. The summed E-state index contributed by atoms with van der Waals surface area (Å²) in [6, 6.07) is 13.4. The van der Waals surface area contributed by atoms with Gasteiger partial charge in [0.25, 0.3) is 0 Å². The molecule has 2 aromatic carbocycles. The van der Waals surface area contributed by atoms with Crippen LogP contribution in [-0.2, 0) is 4.74 Å². The van der Waals surface area contributed by atoms with Gasteiger partial charge in [-0.05, 0) is 40.4 Å². The maximum Gasteiger partial charge on any atom is 0.188 e. The van der Waals surface area contributed by atoms with Crippen LogP contribution in [0.4, 0.5) is 0 Å². The van der Waals surface area contributed by atoms with Crippen LogP contribution in [0.15, 0.2) is 53.0 Å². The van der Waals surface area contributed by atoms with Crippen LogP contribution in [0.25, 0.3) is 6.08 Å². The smallest absolute Gasteiger partial charge is 0.188 e. The molecule has 0 heterocycles. The van der Waals surface area contributed by atoms with E-state index >= 15 is 0 Å². The summed E-state index contributed by atoms with van der Waals surface area (Å²) in [7, 11) is 3.09. The molecule has 0 saturated heterocycles. The normalized spacial score (nSPS) is 13.5. The quantitative estimate of drug-likeness (QED) is 0.484. The predicted octanol–water partition coefficient (Wildman–Crippen LogP) is 4.72. The van der Waals surface area contributed by atoms with E-state index in [0.29, 0.717) is 28.0 Å². The molecule has 0 aliphatic rings. The first-order chi connectivity index (χ1) is 13.5. The molecule has 2 atom stereocenters. The molecule has 2 aromatic rings. The molecule has 2 N–H and O–H groups in total. The van der Waals surface area contributed by atoms with Crippen LogP contribution in [0.2, 0.25) is 0 Å². The van der Waals surface area contributed by atoms with Crippen molar-refractivity contribution < 1.29 is 24.4 Å². The Bertz CT molecular complexity index is 748. The monoisotopic (exact) mass is 450 g/mol. The molecule has 0 amide bonds. The number of benzene rings is 2. The molecule has 28 heavy (non-hydrogen) atoms. The van der Waals surface area contributed by atoms with Crippen molar-refractivity contribution in [3.63, 3.8) is 0 Å². The second kappa shape index (κ2) is 11.9. The average Bonchev–Trinajstić information content (AvgIpc) is 2.70. The van der Waals surface area contributed by atoms with E-state index < -0.39 is 12.2 Å². The number of hydrogen-bond acceptors (Lipinski definition) is 5. The van der Waals surface area contributed by atoms with Gasteiger partial charge in [0.1, 0.15) is 11.5 Å². The van der Waals surface area contributed by atoms with E-state index in [1.807, 2.05) is 42.5 Å². The minimum Gasteiger partial charge on any atom is -0.495 e.